The SMILES string of the molecule is O=C(NCc1cccc2ccccc12)N(Cc1cnc2ccccn12)C1CC1. The highest BCUT2D eigenvalue weighted by Gasteiger charge is 2.33. The Morgan fingerprint density at radius 1 is 1.07 bits per heavy atom. The average Bonchev–Trinajstić information content (AvgIpc) is 3.50. The zero-order valence-electron chi connectivity index (χ0n) is 15.6. The van der Waals surface area contributed by atoms with Crippen molar-refractivity contribution in [3.63, 3.8) is 0 Å². The number of hydrogen-bond donors (Lipinski definition) is 1. The number of pyridine rings is 1. The van der Waals surface area contributed by atoms with Gasteiger partial charge in [0.15, 0.2) is 0 Å². The molecule has 0 radical (unpaired) electrons. The van der Waals surface area contributed by atoms with Crippen molar-refractivity contribution in [1.29, 1.82) is 0 Å². The van der Waals surface area contributed by atoms with E-state index in [1.54, 1.807) is 0 Å². The Hall–Kier alpha value is -3.34. The van der Waals surface area contributed by atoms with E-state index in [0.717, 1.165) is 29.7 Å². The fourth-order valence-electron chi connectivity index (χ4n) is 3.75. The van der Waals surface area contributed by atoms with Crippen LogP contribution < -0.4 is 5.32 Å². The van der Waals surface area contributed by atoms with Crippen molar-refractivity contribution in [3.8, 4) is 0 Å². The molecule has 1 fully saturated rings. The summed E-state index contributed by atoms with van der Waals surface area (Å²) >= 11 is 0. The highest BCUT2D eigenvalue weighted by molar-refractivity contribution is 5.86. The summed E-state index contributed by atoms with van der Waals surface area (Å²) < 4.78 is 2.05. The van der Waals surface area contributed by atoms with Crippen LogP contribution in [0.5, 0.6) is 0 Å². The lowest BCUT2D eigenvalue weighted by atomic mass is 10.0. The number of benzene rings is 2. The third kappa shape index (κ3) is 3.20. The molecule has 0 saturated heterocycles. The van der Waals surface area contributed by atoms with Crippen LogP contribution in [0.1, 0.15) is 24.1 Å². The van der Waals surface area contributed by atoms with E-state index in [4.69, 9.17) is 0 Å². The van der Waals surface area contributed by atoms with Gasteiger partial charge in [-0.3, -0.25) is 0 Å². The molecule has 0 atom stereocenters. The van der Waals surface area contributed by atoms with Gasteiger partial charge in [-0.1, -0.05) is 48.5 Å². The van der Waals surface area contributed by atoms with Gasteiger partial charge >= 0.3 is 6.03 Å². The van der Waals surface area contributed by atoms with Crippen LogP contribution in [0.2, 0.25) is 0 Å². The van der Waals surface area contributed by atoms with E-state index in [-0.39, 0.29) is 6.03 Å². The monoisotopic (exact) mass is 370 g/mol. The normalized spacial score (nSPS) is 13.7. The van der Waals surface area contributed by atoms with E-state index < -0.39 is 0 Å². The Morgan fingerprint density at radius 3 is 2.79 bits per heavy atom. The molecule has 2 aromatic carbocycles. The summed E-state index contributed by atoms with van der Waals surface area (Å²) in [7, 11) is 0. The maximum Gasteiger partial charge on any atom is 0.318 e. The third-order valence-corrected chi connectivity index (χ3v) is 5.38. The molecule has 2 amide bonds. The van der Waals surface area contributed by atoms with Gasteiger partial charge in [0, 0.05) is 18.8 Å². The minimum Gasteiger partial charge on any atom is -0.334 e. The van der Waals surface area contributed by atoms with E-state index in [0.29, 0.717) is 19.1 Å². The first-order valence-electron chi connectivity index (χ1n) is 9.72. The molecule has 4 aromatic rings. The fraction of sp³-hybridized carbons (Fsp3) is 0.217. The molecule has 2 aromatic heterocycles. The van der Waals surface area contributed by atoms with Crippen molar-refractivity contribution in [2.24, 2.45) is 0 Å². The van der Waals surface area contributed by atoms with Gasteiger partial charge < -0.3 is 14.6 Å². The fourth-order valence-corrected chi connectivity index (χ4v) is 3.75. The number of hydrogen-bond acceptors (Lipinski definition) is 2. The van der Waals surface area contributed by atoms with E-state index in [1.165, 1.54) is 10.8 Å². The number of imidazole rings is 1. The van der Waals surface area contributed by atoms with Crippen LogP contribution >= 0.6 is 0 Å². The molecule has 1 N–H and O–H groups in total. The second-order valence-corrected chi connectivity index (χ2v) is 7.33. The molecule has 5 rings (SSSR count). The number of fused-ring (bicyclic) bond motifs is 2. The van der Waals surface area contributed by atoms with Crippen molar-refractivity contribution in [3.05, 3.63) is 84.3 Å². The first-order chi connectivity index (χ1) is 13.8. The summed E-state index contributed by atoms with van der Waals surface area (Å²) in [6.45, 7) is 1.09. The van der Waals surface area contributed by atoms with Gasteiger partial charge in [0.25, 0.3) is 0 Å². The molecule has 0 bridgehead atoms. The van der Waals surface area contributed by atoms with E-state index >= 15 is 0 Å². The van der Waals surface area contributed by atoms with Gasteiger partial charge in [-0.25, -0.2) is 9.78 Å². The highest BCUT2D eigenvalue weighted by Crippen LogP contribution is 2.28. The van der Waals surface area contributed by atoms with Gasteiger partial charge in [-0.05, 0) is 41.3 Å². The molecule has 28 heavy (non-hydrogen) atoms. The number of urea groups is 1. The van der Waals surface area contributed by atoms with Gasteiger partial charge in [-0.2, -0.15) is 0 Å². The first kappa shape index (κ1) is 16.8. The van der Waals surface area contributed by atoms with Crippen molar-refractivity contribution in [2.45, 2.75) is 32.0 Å². The third-order valence-electron chi connectivity index (χ3n) is 5.38. The van der Waals surface area contributed by atoms with Crippen LogP contribution in [0.25, 0.3) is 16.4 Å². The van der Waals surface area contributed by atoms with Crippen LogP contribution in [-0.4, -0.2) is 26.4 Å². The average molecular weight is 370 g/mol. The second kappa shape index (κ2) is 7.00. The first-order valence-corrected chi connectivity index (χ1v) is 9.72. The Morgan fingerprint density at radius 2 is 1.89 bits per heavy atom. The molecule has 5 nitrogen and oxygen atoms in total. The molecule has 140 valence electrons. The molecule has 5 heteroatoms. The number of carbonyl (C=O) groups excluding carboxylic acids is 1. The number of carbonyl (C=O) groups is 1. The number of amides is 2. The lowest BCUT2D eigenvalue weighted by Gasteiger charge is -2.23. The summed E-state index contributed by atoms with van der Waals surface area (Å²) in [5, 5.41) is 5.51. The van der Waals surface area contributed by atoms with Gasteiger partial charge in [0.1, 0.15) is 5.65 Å². The van der Waals surface area contributed by atoms with Gasteiger partial charge in [0.05, 0.1) is 18.4 Å². The van der Waals surface area contributed by atoms with Crippen LogP contribution in [0.3, 0.4) is 0 Å². The zero-order chi connectivity index (χ0) is 18.9. The quantitative estimate of drug-likeness (QED) is 0.567. The Kier molecular flexibility index (Phi) is 4.20. The van der Waals surface area contributed by atoms with Crippen LogP contribution in [0, 0.1) is 0 Å². The van der Waals surface area contributed by atoms with Crippen molar-refractivity contribution in [1.82, 2.24) is 19.6 Å². The van der Waals surface area contributed by atoms with Gasteiger partial charge in [-0.15, -0.1) is 0 Å². The molecule has 1 saturated carbocycles. The highest BCUT2D eigenvalue weighted by atomic mass is 16.2. The second-order valence-electron chi connectivity index (χ2n) is 7.33. The Balaban J connectivity index is 1.33. The van der Waals surface area contributed by atoms with Crippen LogP contribution in [-0.2, 0) is 13.1 Å². The van der Waals surface area contributed by atoms with Crippen molar-refractivity contribution < 1.29 is 4.79 Å². The van der Waals surface area contributed by atoms with Gasteiger partial charge in [0.2, 0.25) is 0 Å². The smallest absolute Gasteiger partial charge is 0.318 e. The van der Waals surface area contributed by atoms with Crippen LogP contribution in [0.15, 0.2) is 73.1 Å². The van der Waals surface area contributed by atoms with E-state index in [1.807, 2.05) is 58.1 Å². The van der Waals surface area contributed by atoms with Crippen molar-refractivity contribution in [2.75, 3.05) is 0 Å². The molecule has 0 spiro atoms. The molecule has 1 aliphatic rings. The van der Waals surface area contributed by atoms with E-state index in [2.05, 4.69) is 34.6 Å². The standard InChI is InChI=1S/C23H22N4O/c28-23(25-14-18-8-5-7-17-6-1-2-9-21(17)18)27(19-11-12-19)16-20-15-24-22-10-3-4-13-26(20)22/h1-10,13,15,19H,11-12,14,16H2,(H,25,28). The molecule has 2 heterocycles. The summed E-state index contributed by atoms with van der Waals surface area (Å²) in [5.74, 6) is 0. The maximum atomic E-state index is 13.0. The predicted octanol–water partition coefficient (Wildman–Crippen LogP) is 4.36. The number of nitrogens with one attached hydrogen (secondary N) is 1. The summed E-state index contributed by atoms with van der Waals surface area (Å²) in [4.78, 5) is 19.4. The number of rotatable bonds is 5. The van der Waals surface area contributed by atoms with Crippen molar-refractivity contribution >= 4 is 22.5 Å². The number of nitrogens with zero attached hydrogens (tertiary/aromatic N) is 3. The Labute approximate surface area is 163 Å². The largest absolute Gasteiger partial charge is 0.334 e. The minimum absolute atomic E-state index is 0.0127. The summed E-state index contributed by atoms with van der Waals surface area (Å²) in [6, 6.07) is 20.7. The molecule has 0 aliphatic heterocycles. The zero-order valence-corrected chi connectivity index (χ0v) is 15.6. The minimum atomic E-state index is -0.0127. The predicted molar refractivity (Wildman–Crippen MR) is 110 cm³/mol. The summed E-state index contributed by atoms with van der Waals surface area (Å²) in [6.07, 6.45) is 6.00. The lowest BCUT2D eigenvalue weighted by Crippen LogP contribution is -2.40. The molecule has 1 aliphatic carbocycles. The lowest BCUT2D eigenvalue weighted by molar-refractivity contribution is 0.190. The molecular weight excluding hydrogens is 348 g/mol. The number of aromatic nitrogens is 2. The maximum absolute atomic E-state index is 13.0. The summed E-state index contributed by atoms with van der Waals surface area (Å²) in [5.41, 5.74) is 3.07. The molecule has 0 unspecified atom stereocenters. The topological polar surface area (TPSA) is 49.6 Å². The van der Waals surface area contributed by atoms with E-state index in [9.17, 15) is 4.79 Å². The Bertz CT molecular complexity index is 1140. The van der Waals surface area contributed by atoms with Crippen LogP contribution in [0.4, 0.5) is 4.79 Å². The molecular formula is C23H22N4O.